The predicted octanol–water partition coefficient (Wildman–Crippen LogP) is 1.44. The molecule has 0 amide bonds. The number of hydrogen-bond donors (Lipinski definition) is 0. The zero-order valence-corrected chi connectivity index (χ0v) is 14.4. The van der Waals surface area contributed by atoms with Crippen LogP contribution in [0.15, 0.2) is 27.4 Å². The topological polar surface area (TPSA) is 108 Å². The molecular weight excluding hydrogens is 350 g/mol. The molecule has 0 aliphatic carbocycles. The van der Waals surface area contributed by atoms with Crippen molar-refractivity contribution in [3.8, 4) is 0 Å². The number of nitro groups is 1. The number of esters is 1. The van der Waals surface area contributed by atoms with Crippen LogP contribution < -0.4 is 5.76 Å². The van der Waals surface area contributed by atoms with Gasteiger partial charge in [-0.15, -0.1) is 0 Å². The number of aromatic nitrogens is 1. The summed E-state index contributed by atoms with van der Waals surface area (Å²) in [4.78, 5) is 36.6. The van der Waals surface area contributed by atoms with E-state index in [2.05, 4.69) is 0 Å². The average Bonchev–Trinajstić information content (AvgIpc) is 2.90. The van der Waals surface area contributed by atoms with Gasteiger partial charge >= 0.3 is 11.7 Å². The first-order chi connectivity index (χ1) is 12.0. The molecular formula is C15H17N3O6S. The van der Waals surface area contributed by atoms with Crippen molar-refractivity contribution in [1.82, 2.24) is 9.47 Å². The van der Waals surface area contributed by atoms with Gasteiger partial charge in [-0.3, -0.25) is 24.4 Å². The molecule has 1 aliphatic heterocycles. The van der Waals surface area contributed by atoms with Crippen LogP contribution in [-0.4, -0.2) is 51.1 Å². The van der Waals surface area contributed by atoms with Crippen LogP contribution in [0.3, 0.4) is 0 Å². The monoisotopic (exact) mass is 367 g/mol. The number of thioether (sulfide) groups is 1. The fourth-order valence-corrected chi connectivity index (χ4v) is 3.84. The van der Waals surface area contributed by atoms with Crippen molar-refractivity contribution in [1.29, 1.82) is 0 Å². The molecule has 0 saturated carbocycles. The van der Waals surface area contributed by atoms with E-state index in [0.29, 0.717) is 17.8 Å². The van der Waals surface area contributed by atoms with Gasteiger partial charge in [0.25, 0.3) is 5.69 Å². The summed E-state index contributed by atoms with van der Waals surface area (Å²) in [5.41, 5.74) is 0.480. The van der Waals surface area contributed by atoms with Crippen molar-refractivity contribution in [3.63, 3.8) is 0 Å². The molecule has 9 nitrogen and oxygen atoms in total. The Hall–Kier alpha value is -2.33. The number of carbonyl (C=O) groups is 1. The van der Waals surface area contributed by atoms with Crippen LogP contribution in [0.2, 0.25) is 0 Å². The summed E-state index contributed by atoms with van der Waals surface area (Å²) in [6, 6.07) is 3.53. The van der Waals surface area contributed by atoms with E-state index < -0.39 is 16.7 Å². The Morgan fingerprint density at radius 3 is 3.04 bits per heavy atom. The van der Waals surface area contributed by atoms with Crippen molar-refractivity contribution in [2.24, 2.45) is 0 Å². The Morgan fingerprint density at radius 2 is 2.32 bits per heavy atom. The van der Waals surface area contributed by atoms with Gasteiger partial charge in [-0.25, -0.2) is 4.79 Å². The lowest BCUT2D eigenvalue weighted by molar-refractivity contribution is -0.384. The van der Waals surface area contributed by atoms with Gasteiger partial charge in [-0.05, 0) is 13.0 Å². The largest absolute Gasteiger partial charge is 0.465 e. The van der Waals surface area contributed by atoms with E-state index in [1.165, 1.54) is 22.8 Å². The molecule has 0 spiro atoms. The third-order valence-electron chi connectivity index (χ3n) is 3.98. The maximum Gasteiger partial charge on any atom is 0.421 e. The molecule has 134 valence electrons. The number of hydrogen-bond acceptors (Lipinski definition) is 8. The highest BCUT2D eigenvalue weighted by molar-refractivity contribution is 7.99. The van der Waals surface area contributed by atoms with Crippen LogP contribution in [0.5, 0.6) is 0 Å². The van der Waals surface area contributed by atoms with E-state index in [1.807, 2.05) is 4.90 Å². The minimum atomic E-state index is -0.615. The minimum Gasteiger partial charge on any atom is -0.465 e. The van der Waals surface area contributed by atoms with Crippen LogP contribution in [0.1, 0.15) is 6.92 Å². The molecule has 0 N–H and O–H groups in total. The zero-order chi connectivity index (χ0) is 18.0. The van der Waals surface area contributed by atoms with Crippen molar-refractivity contribution < 1.29 is 18.9 Å². The van der Waals surface area contributed by atoms with Gasteiger partial charge in [0.05, 0.1) is 23.7 Å². The molecule has 1 aromatic carbocycles. The van der Waals surface area contributed by atoms with Crippen LogP contribution >= 0.6 is 11.8 Å². The van der Waals surface area contributed by atoms with Gasteiger partial charge in [-0.2, -0.15) is 11.8 Å². The summed E-state index contributed by atoms with van der Waals surface area (Å²) in [5, 5.41) is 11.0. The van der Waals surface area contributed by atoms with E-state index in [9.17, 15) is 19.7 Å². The van der Waals surface area contributed by atoms with Gasteiger partial charge in [-0.1, -0.05) is 0 Å². The first-order valence-electron chi connectivity index (χ1n) is 7.77. The molecule has 3 rings (SSSR count). The molecule has 10 heteroatoms. The SMILES string of the molecule is CCOC(=O)[C@H]1CSCCN1Cn1c(=O)oc2ccc([N+](=O)[O-])cc21. The predicted molar refractivity (Wildman–Crippen MR) is 91.6 cm³/mol. The maximum absolute atomic E-state index is 12.2. The van der Waals surface area contributed by atoms with Gasteiger partial charge < -0.3 is 9.15 Å². The molecule has 1 fully saturated rings. The van der Waals surface area contributed by atoms with Gasteiger partial charge in [0.15, 0.2) is 5.58 Å². The fraction of sp³-hybridized carbons (Fsp3) is 0.467. The smallest absolute Gasteiger partial charge is 0.421 e. The van der Waals surface area contributed by atoms with Gasteiger partial charge in [0.2, 0.25) is 0 Å². The number of benzene rings is 1. The van der Waals surface area contributed by atoms with Crippen molar-refractivity contribution >= 4 is 34.5 Å². The van der Waals surface area contributed by atoms with Gasteiger partial charge in [0.1, 0.15) is 6.04 Å². The highest BCUT2D eigenvalue weighted by Crippen LogP contribution is 2.23. The van der Waals surface area contributed by atoms with Gasteiger partial charge in [0, 0.05) is 30.2 Å². The summed E-state index contributed by atoms with van der Waals surface area (Å²) in [5.74, 6) is 0.447. The number of fused-ring (bicyclic) bond motifs is 1. The zero-order valence-electron chi connectivity index (χ0n) is 13.5. The number of nitrogens with zero attached hydrogens (tertiary/aromatic N) is 3. The van der Waals surface area contributed by atoms with E-state index in [-0.39, 0.29) is 30.5 Å². The highest BCUT2D eigenvalue weighted by atomic mass is 32.2. The Labute approximate surface area is 146 Å². The Kier molecular flexibility index (Phi) is 5.09. The van der Waals surface area contributed by atoms with E-state index >= 15 is 0 Å². The molecule has 0 unspecified atom stereocenters. The number of oxazole rings is 1. The highest BCUT2D eigenvalue weighted by Gasteiger charge is 2.31. The summed E-state index contributed by atoms with van der Waals surface area (Å²) >= 11 is 1.65. The number of ether oxygens (including phenoxy) is 1. The Balaban J connectivity index is 1.94. The number of rotatable bonds is 5. The summed E-state index contributed by atoms with van der Waals surface area (Å²) < 4.78 is 11.6. The minimum absolute atomic E-state index is 0.108. The first kappa shape index (κ1) is 17.5. The lowest BCUT2D eigenvalue weighted by atomic mass is 10.2. The van der Waals surface area contributed by atoms with Crippen molar-refractivity contribution in [2.75, 3.05) is 24.7 Å². The van der Waals surface area contributed by atoms with Crippen molar-refractivity contribution in [3.05, 3.63) is 38.9 Å². The molecule has 0 radical (unpaired) electrons. The van der Waals surface area contributed by atoms with E-state index in [0.717, 1.165) is 5.75 Å². The molecule has 1 aromatic heterocycles. The number of non-ortho nitro benzene ring substituents is 1. The second kappa shape index (κ2) is 7.28. The number of carbonyl (C=O) groups excluding carboxylic acids is 1. The first-order valence-corrected chi connectivity index (χ1v) is 8.93. The van der Waals surface area contributed by atoms with Crippen LogP contribution in [0, 0.1) is 10.1 Å². The third kappa shape index (κ3) is 3.54. The Morgan fingerprint density at radius 1 is 1.52 bits per heavy atom. The summed E-state index contributed by atoms with van der Waals surface area (Å²) in [7, 11) is 0. The lowest BCUT2D eigenvalue weighted by Crippen LogP contribution is -2.49. The summed E-state index contributed by atoms with van der Waals surface area (Å²) in [6.07, 6.45) is 0. The molecule has 2 heterocycles. The fourth-order valence-electron chi connectivity index (χ4n) is 2.74. The molecule has 0 bridgehead atoms. The number of nitro benzene ring substituents is 1. The molecule has 1 atom stereocenters. The summed E-state index contributed by atoms with van der Waals surface area (Å²) in [6.45, 7) is 2.74. The van der Waals surface area contributed by atoms with Crippen LogP contribution in [-0.2, 0) is 16.2 Å². The molecule has 25 heavy (non-hydrogen) atoms. The second-order valence-electron chi connectivity index (χ2n) is 5.50. The molecule has 1 aliphatic rings. The second-order valence-corrected chi connectivity index (χ2v) is 6.65. The molecule has 2 aromatic rings. The van der Waals surface area contributed by atoms with E-state index in [1.54, 1.807) is 18.7 Å². The normalized spacial score (nSPS) is 18.4. The Bertz CT molecular complexity index is 861. The van der Waals surface area contributed by atoms with Crippen LogP contribution in [0.4, 0.5) is 5.69 Å². The quantitative estimate of drug-likeness (QED) is 0.444. The standard InChI is InChI=1S/C15H17N3O6S/c1-2-23-14(19)12-8-25-6-5-16(12)9-17-11-7-10(18(21)22)3-4-13(11)24-15(17)20/h3-4,7,12H,2,5-6,8-9H2,1H3/t12-/m1/s1. The molecule has 1 saturated heterocycles. The average molecular weight is 367 g/mol. The third-order valence-corrected chi connectivity index (χ3v) is 5.01. The van der Waals surface area contributed by atoms with Crippen molar-refractivity contribution in [2.45, 2.75) is 19.6 Å². The lowest BCUT2D eigenvalue weighted by Gasteiger charge is -2.33. The van der Waals surface area contributed by atoms with E-state index in [4.69, 9.17) is 9.15 Å². The van der Waals surface area contributed by atoms with Crippen LogP contribution in [0.25, 0.3) is 11.1 Å². The maximum atomic E-state index is 12.2.